The molecule has 1 unspecified atom stereocenters. The molecular formula is C66H138N6O16. The van der Waals surface area contributed by atoms with Gasteiger partial charge < -0.3 is 72.3 Å². The van der Waals surface area contributed by atoms with Crippen molar-refractivity contribution < 1.29 is 76.3 Å². The monoisotopic (exact) mass is 1270 g/mol. The van der Waals surface area contributed by atoms with Gasteiger partial charge >= 0.3 is 47.8 Å². The highest BCUT2D eigenvalue weighted by atomic mass is 16.6. The van der Waals surface area contributed by atoms with Gasteiger partial charge in [0.05, 0.1) is 11.8 Å². The van der Waals surface area contributed by atoms with Gasteiger partial charge in [-0.05, 0) is 219 Å². The first-order valence-electron chi connectivity index (χ1n) is 30.4. The fraction of sp³-hybridized carbons (Fsp3) is 0.879. The molecule has 88 heavy (non-hydrogen) atoms. The van der Waals surface area contributed by atoms with Gasteiger partial charge in [-0.2, -0.15) is 0 Å². The SMILES string of the molecule is CC(C)(C)OC(=O)C(C)(C)N.CC(C)(C)OC(=O)C(C)(C)N.CC(C)C(=O)OC(C)(C)C.CC(C)C(=O)OC(C)(C)C.CC(C)C(N)C(=O)OC(C)(C)C.CC(C)[C@@H](N)C(=O)OC(C)(C)C.CC(C)[C@H](N)C(=O)OC(C)(C)C.C[C@@H](N)C(=O)OC(C)(C)C. The summed E-state index contributed by atoms with van der Waals surface area (Å²) < 4.78 is 40.4. The summed E-state index contributed by atoms with van der Waals surface area (Å²) in [6.45, 7) is 70.8. The van der Waals surface area contributed by atoms with Gasteiger partial charge in [0, 0.05) is 0 Å². The molecule has 0 amide bonds. The quantitative estimate of drug-likeness (QED) is 0.0826. The maximum Gasteiger partial charge on any atom is 0.326 e. The second-order valence-corrected chi connectivity index (χ2v) is 32.1. The predicted octanol–water partition coefficient (Wildman–Crippen LogP) is 10.7. The first-order valence-corrected chi connectivity index (χ1v) is 30.4. The Kier molecular flexibility index (Phi) is 47.4. The zero-order chi connectivity index (χ0) is 73.5. The van der Waals surface area contributed by atoms with Gasteiger partial charge in [0.2, 0.25) is 0 Å². The van der Waals surface area contributed by atoms with E-state index in [1.165, 1.54) is 0 Å². The van der Waals surface area contributed by atoms with Crippen molar-refractivity contribution in [3.8, 4) is 0 Å². The van der Waals surface area contributed by atoms with E-state index in [0.29, 0.717) is 0 Å². The van der Waals surface area contributed by atoms with Crippen LogP contribution in [0.25, 0.3) is 0 Å². The molecule has 0 aliphatic carbocycles. The molecule has 22 heteroatoms. The Hall–Kier alpha value is -4.48. The zero-order valence-corrected chi connectivity index (χ0v) is 63.2. The summed E-state index contributed by atoms with van der Waals surface area (Å²) in [6, 6.07) is -2.06. The van der Waals surface area contributed by atoms with Crippen molar-refractivity contribution in [1.82, 2.24) is 0 Å². The second-order valence-electron chi connectivity index (χ2n) is 32.1. The van der Waals surface area contributed by atoms with E-state index in [9.17, 15) is 38.4 Å². The fourth-order valence-corrected chi connectivity index (χ4v) is 3.98. The van der Waals surface area contributed by atoms with Crippen LogP contribution in [-0.4, -0.2) is 128 Å². The highest BCUT2D eigenvalue weighted by Crippen LogP contribution is 2.16. The van der Waals surface area contributed by atoms with Crippen LogP contribution in [0.1, 0.15) is 270 Å². The molecule has 0 aromatic carbocycles. The van der Waals surface area contributed by atoms with Crippen molar-refractivity contribution in [3.63, 3.8) is 0 Å². The minimum atomic E-state index is -0.896. The normalized spacial score (nSPS) is 13.5. The number of carbonyl (C=O) groups is 8. The smallest absolute Gasteiger partial charge is 0.326 e. The number of nitrogens with two attached hydrogens (primary N) is 6. The van der Waals surface area contributed by atoms with Crippen LogP contribution in [0.15, 0.2) is 0 Å². The minimum Gasteiger partial charge on any atom is -0.460 e. The molecule has 0 aromatic rings. The minimum absolute atomic E-state index is 0.0285. The molecule has 0 saturated carbocycles. The highest BCUT2D eigenvalue weighted by molar-refractivity contribution is 5.80. The molecule has 0 aliphatic rings. The van der Waals surface area contributed by atoms with E-state index < -0.39 is 68.9 Å². The Balaban J connectivity index is -0.000000139. The number of hydrogen-bond donors (Lipinski definition) is 6. The Morgan fingerprint density at radius 3 is 0.443 bits per heavy atom. The van der Waals surface area contributed by atoms with E-state index >= 15 is 0 Å². The summed E-state index contributed by atoms with van der Waals surface area (Å²) in [4.78, 5) is 88.7. The van der Waals surface area contributed by atoms with Gasteiger partial charge in [-0.3, -0.25) is 38.4 Å². The van der Waals surface area contributed by atoms with E-state index in [0.717, 1.165) is 0 Å². The molecule has 0 aliphatic heterocycles. The van der Waals surface area contributed by atoms with Crippen LogP contribution in [0, 0.1) is 29.6 Å². The Bertz CT molecular complexity index is 1790. The number of carbonyl (C=O) groups excluding carboxylic acids is 8. The molecule has 22 nitrogen and oxygen atoms in total. The zero-order valence-electron chi connectivity index (χ0n) is 63.2. The molecule has 0 radical (unpaired) electrons. The van der Waals surface area contributed by atoms with Crippen molar-refractivity contribution in [2.45, 2.75) is 350 Å². The molecule has 12 N–H and O–H groups in total. The third-order valence-corrected chi connectivity index (χ3v) is 8.58. The van der Waals surface area contributed by atoms with Crippen LogP contribution in [0.2, 0.25) is 0 Å². The molecule has 0 bridgehead atoms. The topological polar surface area (TPSA) is 367 Å². The van der Waals surface area contributed by atoms with Crippen molar-refractivity contribution in [1.29, 1.82) is 0 Å². The Labute approximate surface area is 536 Å². The van der Waals surface area contributed by atoms with Gasteiger partial charge in [-0.1, -0.05) is 69.2 Å². The summed E-state index contributed by atoms with van der Waals surface area (Å²) in [5.41, 5.74) is 27.9. The van der Waals surface area contributed by atoms with E-state index in [-0.39, 0.29) is 88.5 Å². The highest BCUT2D eigenvalue weighted by Gasteiger charge is 2.31. The summed E-state index contributed by atoms with van der Waals surface area (Å²) in [5.74, 6) is -2.01. The van der Waals surface area contributed by atoms with Crippen molar-refractivity contribution in [2.75, 3.05) is 0 Å². The van der Waals surface area contributed by atoms with Gasteiger partial charge in [0.15, 0.2) is 0 Å². The molecule has 0 heterocycles. The van der Waals surface area contributed by atoms with Crippen LogP contribution in [0.5, 0.6) is 0 Å². The van der Waals surface area contributed by atoms with Gasteiger partial charge in [0.25, 0.3) is 0 Å². The number of ether oxygens (including phenoxy) is 8. The first kappa shape index (κ1) is 99.7. The van der Waals surface area contributed by atoms with Crippen LogP contribution < -0.4 is 34.4 Å². The van der Waals surface area contributed by atoms with Gasteiger partial charge in [-0.25, -0.2) is 0 Å². The van der Waals surface area contributed by atoms with Crippen LogP contribution in [0.3, 0.4) is 0 Å². The number of rotatable bonds is 11. The van der Waals surface area contributed by atoms with Crippen molar-refractivity contribution in [3.05, 3.63) is 0 Å². The fourth-order valence-electron chi connectivity index (χ4n) is 3.98. The lowest BCUT2D eigenvalue weighted by molar-refractivity contribution is -0.161. The molecule has 4 atom stereocenters. The summed E-state index contributed by atoms with van der Waals surface area (Å²) in [6.07, 6.45) is 0. The predicted molar refractivity (Wildman–Crippen MR) is 355 cm³/mol. The lowest BCUT2D eigenvalue weighted by atomic mass is 10.1. The molecule has 0 rings (SSSR count). The third-order valence-electron chi connectivity index (χ3n) is 8.58. The third kappa shape index (κ3) is 75.8. The first-order chi connectivity index (χ1) is 38.0. The summed E-state index contributed by atoms with van der Waals surface area (Å²) in [5, 5.41) is 0. The van der Waals surface area contributed by atoms with E-state index in [1.807, 2.05) is 235 Å². The molecule has 0 aromatic heterocycles. The molecule has 528 valence electrons. The van der Waals surface area contributed by atoms with Gasteiger partial charge in [0.1, 0.15) is 80.1 Å². The molecule has 0 saturated heterocycles. The van der Waals surface area contributed by atoms with E-state index in [4.69, 9.17) is 72.3 Å². The average molecular weight is 1270 g/mol. The Morgan fingerprint density at radius 2 is 0.375 bits per heavy atom. The lowest BCUT2D eigenvalue weighted by Crippen LogP contribution is -2.45. The van der Waals surface area contributed by atoms with Crippen LogP contribution in [-0.2, 0) is 76.3 Å². The maximum atomic E-state index is 11.3. The maximum absolute atomic E-state index is 11.3. The molecule has 0 fully saturated rings. The summed E-state index contributed by atoms with van der Waals surface area (Å²) >= 11 is 0. The Morgan fingerprint density at radius 1 is 0.239 bits per heavy atom. The molecule has 0 spiro atoms. The second kappa shape index (κ2) is 41.8. The lowest BCUT2D eigenvalue weighted by Gasteiger charge is -2.25. The van der Waals surface area contributed by atoms with Crippen LogP contribution in [0.4, 0.5) is 0 Å². The van der Waals surface area contributed by atoms with Crippen molar-refractivity contribution in [2.24, 2.45) is 64.0 Å². The van der Waals surface area contributed by atoms with Gasteiger partial charge in [-0.15, -0.1) is 0 Å². The van der Waals surface area contributed by atoms with E-state index in [1.54, 1.807) is 34.6 Å². The molecular weight excluding hydrogens is 1130 g/mol. The van der Waals surface area contributed by atoms with Crippen molar-refractivity contribution >= 4 is 47.8 Å². The van der Waals surface area contributed by atoms with Crippen LogP contribution >= 0.6 is 0 Å². The summed E-state index contributed by atoms with van der Waals surface area (Å²) in [7, 11) is 0. The van der Waals surface area contributed by atoms with E-state index in [2.05, 4.69) is 0 Å². The number of esters is 8. The number of hydrogen-bond acceptors (Lipinski definition) is 22. The largest absolute Gasteiger partial charge is 0.460 e. The standard InChI is InChI=1S/3C9H19NO2.2C8H17NO2.2C8H16O2.C7H15NO2/c3*1-6(2)7(10)8(11)12-9(3,4)5;2*1-7(2,3)11-6(10)8(4,5)9;2*1-6(2)7(9)10-8(3,4)5;1-5(8)6(9)10-7(2,3)4/h3*6-7H,10H2,1-5H3;2*9H2,1-5H3;2*6H,1-5H3;5H,8H2,1-4H3/t2*7-;;;;;;5-/m10.....1/s1. The average Bonchev–Trinajstić information content (AvgIpc) is 3.21.